The third kappa shape index (κ3) is 3.42. The molecule has 2 aromatic rings. The van der Waals surface area contributed by atoms with Crippen molar-refractivity contribution in [3.05, 3.63) is 54.4 Å². The molecule has 0 bridgehead atoms. The molecule has 0 radical (unpaired) electrons. The van der Waals surface area contributed by atoms with Crippen LogP contribution in [-0.4, -0.2) is 28.1 Å². The fourth-order valence-corrected chi connectivity index (χ4v) is 1.77. The molecule has 0 fully saturated rings. The van der Waals surface area contributed by atoms with Crippen molar-refractivity contribution >= 4 is 5.91 Å². The van der Waals surface area contributed by atoms with E-state index in [2.05, 4.69) is 10.3 Å². The van der Waals surface area contributed by atoms with Crippen molar-refractivity contribution in [3.8, 4) is 11.1 Å². The summed E-state index contributed by atoms with van der Waals surface area (Å²) in [6, 6.07) is 11.2. The van der Waals surface area contributed by atoms with Crippen molar-refractivity contribution < 1.29 is 9.90 Å². The van der Waals surface area contributed by atoms with Gasteiger partial charge < -0.3 is 10.4 Å². The van der Waals surface area contributed by atoms with Crippen molar-refractivity contribution in [2.45, 2.75) is 19.4 Å². The summed E-state index contributed by atoms with van der Waals surface area (Å²) in [5, 5.41) is 11.9. The Balaban J connectivity index is 2.15. The van der Waals surface area contributed by atoms with Gasteiger partial charge in [0.15, 0.2) is 0 Å². The average molecular weight is 270 g/mol. The zero-order valence-electron chi connectivity index (χ0n) is 11.6. The second-order valence-corrected chi connectivity index (χ2v) is 5.32. The van der Waals surface area contributed by atoms with Gasteiger partial charge in [0.25, 0.3) is 5.91 Å². The number of nitrogens with zero attached hydrogens (tertiary/aromatic N) is 1. The van der Waals surface area contributed by atoms with Crippen molar-refractivity contribution in [3.63, 3.8) is 0 Å². The Labute approximate surface area is 118 Å². The number of hydrogen-bond donors (Lipinski definition) is 2. The lowest BCUT2D eigenvalue weighted by molar-refractivity contribution is 0.0869. The van der Waals surface area contributed by atoms with Crippen LogP contribution in [0.4, 0.5) is 0 Å². The fourth-order valence-electron chi connectivity index (χ4n) is 1.77. The van der Waals surface area contributed by atoms with Gasteiger partial charge in [-0.2, -0.15) is 0 Å². The highest BCUT2D eigenvalue weighted by molar-refractivity contribution is 5.95. The number of aromatic nitrogens is 1. The van der Waals surface area contributed by atoms with Crippen LogP contribution in [-0.2, 0) is 0 Å². The molecule has 4 nitrogen and oxygen atoms in total. The highest BCUT2D eigenvalue weighted by Crippen LogP contribution is 2.18. The van der Waals surface area contributed by atoms with Gasteiger partial charge in [-0.15, -0.1) is 0 Å². The number of benzene rings is 1. The maximum Gasteiger partial charge on any atom is 0.251 e. The third-order valence-electron chi connectivity index (χ3n) is 2.99. The SMILES string of the molecule is CC(C)(CO)NC(=O)c1ccc(-c2cccnc2)cc1. The Hall–Kier alpha value is -2.20. The molecule has 0 unspecified atom stereocenters. The summed E-state index contributed by atoms with van der Waals surface area (Å²) >= 11 is 0. The summed E-state index contributed by atoms with van der Waals surface area (Å²) in [5.74, 6) is -0.193. The molecule has 0 spiro atoms. The molecule has 4 heteroatoms. The summed E-state index contributed by atoms with van der Waals surface area (Å²) in [4.78, 5) is 16.1. The minimum Gasteiger partial charge on any atom is -0.394 e. The summed E-state index contributed by atoms with van der Waals surface area (Å²) in [6.07, 6.45) is 3.51. The van der Waals surface area contributed by atoms with Crippen LogP contribution in [0.15, 0.2) is 48.8 Å². The standard InChI is InChI=1S/C16H18N2O2/c1-16(2,11-19)18-15(20)13-7-5-12(6-8-13)14-4-3-9-17-10-14/h3-10,19H,11H2,1-2H3,(H,18,20). The molecule has 1 aromatic carbocycles. The van der Waals surface area contributed by atoms with Crippen LogP contribution >= 0.6 is 0 Å². The minimum atomic E-state index is -0.626. The van der Waals surface area contributed by atoms with E-state index in [1.807, 2.05) is 24.3 Å². The molecule has 2 rings (SSSR count). The van der Waals surface area contributed by atoms with E-state index in [1.165, 1.54) is 0 Å². The Morgan fingerprint density at radius 1 is 1.20 bits per heavy atom. The van der Waals surface area contributed by atoms with E-state index in [1.54, 1.807) is 38.4 Å². The zero-order chi connectivity index (χ0) is 14.6. The highest BCUT2D eigenvalue weighted by Gasteiger charge is 2.19. The number of aliphatic hydroxyl groups excluding tert-OH is 1. The molecule has 0 atom stereocenters. The number of amides is 1. The molecular formula is C16H18N2O2. The Kier molecular flexibility index (Phi) is 4.15. The lowest BCUT2D eigenvalue weighted by Crippen LogP contribution is -2.46. The van der Waals surface area contributed by atoms with Crippen LogP contribution < -0.4 is 5.32 Å². The van der Waals surface area contributed by atoms with Gasteiger partial charge in [-0.3, -0.25) is 9.78 Å². The van der Waals surface area contributed by atoms with Gasteiger partial charge in [0, 0.05) is 18.0 Å². The molecule has 0 aliphatic rings. The van der Waals surface area contributed by atoms with Gasteiger partial charge in [-0.05, 0) is 43.2 Å². The summed E-state index contributed by atoms with van der Waals surface area (Å²) in [6.45, 7) is 3.44. The van der Waals surface area contributed by atoms with Gasteiger partial charge in [-0.25, -0.2) is 0 Å². The van der Waals surface area contributed by atoms with Crippen LogP contribution in [0.2, 0.25) is 0 Å². The summed E-state index contributed by atoms with van der Waals surface area (Å²) < 4.78 is 0. The maximum atomic E-state index is 12.0. The average Bonchev–Trinajstić information content (AvgIpc) is 2.48. The molecular weight excluding hydrogens is 252 g/mol. The predicted molar refractivity (Wildman–Crippen MR) is 78.3 cm³/mol. The van der Waals surface area contributed by atoms with E-state index in [0.717, 1.165) is 11.1 Å². The molecule has 2 N–H and O–H groups in total. The second-order valence-electron chi connectivity index (χ2n) is 5.32. The quantitative estimate of drug-likeness (QED) is 0.895. The molecule has 0 aliphatic heterocycles. The second kappa shape index (κ2) is 5.84. The molecule has 20 heavy (non-hydrogen) atoms. The first-order valence-electron chi connectivity index (χ1n) is 6.46. The lowest BCUT2D eigenvalue weighted by atomic mass is 10.0. The highest BCUT2D eigenvalue weighted by atomic mass is 16.3. The van der Waals surface area contributed by atoms with Crippen LogP contribution in [0, 0.1) is 0 Å². The molecule has 0 saturated carbocycles. The number of pyridine rings is 1. The van der Waals surface area contributed by atoms with E-state index < -0.39 is 5.54 Å². The Morgan fingerprint density at radius 2 is 1.90 bits per heavy atom. The number of hydrogen-bond acceptors (Lipinski definition) is 3. The molecule has 1 amide bonds. The third-order valence-corrected chi connectivity index (χ3v) is 2.99. The Bertz CT molecular complexity index is 577. The number of carbonyl (C=O) groups is 1. The molecule has 104 valence electrons. The van der Waals surface area contributed by atoms with E-state index in [9.17, 15) is 4.79 Å². The van der Waals surface area contributed by atoms with Gasteiger partial charge in [0.1, 0.15) is 0 Å². The smallest absolute Gasteiger partial charge is 0.251 e. The molecule has 0 saturated heterocycles. The van der Waals surface area contributed by atoms with Crippen LogP contribution in [0.3, 0.4) is 0 Å². The largest absolute Gasteiger partial charge is 0.394 e. The van der Waals surface area contributed by atoms with E-state index >= 15 is 0 Å². The maximum absolute atomic E-state index is 12.0. The van der Waals surface area contributed by atoms with Crippen molar-refractivity contribution in [1.29, 1.82) is 0 Å². The van der Waals surface area contributed by atoms with Crippen molar-refractivity contribution in [2.75, 3.05) is 6.61 Å². The summed E-state index contributed by atoms with van der Waals surface area (Å²) in [5.41, 5.74) is 1.96. The predicted octanol–water partition coefficient (Wildman–Crippen LogP) is 2.25. The first-order chi connectivity index (χ1) is 9.52. The first kappa shape index (κ1) is 14.2. The zero-order valence-corrected chi connectivity index (χ0v) is 11.6. The van der Waals surface area contributed by atoms with E-state index in [-0.39, 0.29) is 12.5 Å². The molecule has 0 aliphatic carbocycles. The van der Waals surface area contributed by atoms with E-state index in [4.69, 9.17) is 5.11 Å². The molecule has 1 aromatic heterocycles. The number of carbonyl (C=O) groups excluding carboxylic acids is 1. The first-order valence-corrected chi connectivity index (χ1v) is 6.46. The fraction of sp³-hybridized carbons (Fsp3) is 0.250. The normalized spacial score (nSPS) is 11.2. The van der Waals surface area contributed by atoms with Crippen LogP contribution in [0.1, 0.15) is 24.2 Å². The summed E-state index contributed by atoms with van der Waals surface area (Å²) in [7, 11) is 0. The topological polar surface area (TPSA) is 62.2 Å². The van der Waals surface area contributed by atoms with E-state index in [0.29, 0.717) is 5.56 Å². The van der Waals surface area contributed by atoms with Crippen molar-refractivity contribution in [2.24, 2.45) is 0 Å². The number of nitrogens with one attached hydrogen (secondary N) is 1. The molecule has 1 heterocycles. The van der Waals surface area contributed by atoms with Crippen molar-refractivity contribution in [1.82, 2.24) is 10.3 Å². The minimum absolute atomic E-state index is 0.105. The monoisotopic (exact) mass is 270 g/mol. The van der Waals surface area contributed by atoms with Gasteiger partial charge in [0.2, 0.25) is 0 Å². The van der Waals surface area contributed by atoms with Gasteiger partial charge in [0.05, 0.1) is 12.1 Å². The number of aliphatic hydroxyl groups is 1. The Morgan fingerprint density at radius 3 is 2.45 bits per heavy atom. The van der Waals surface area contributed by atoms with Gasteiger partial charge >= 0.3 is 0 Å². The number of rotatable bonds is 4. The van der Waals surface area contributed by atoms with Crippen LogP contribution in [0.5, 0.6) is 0 Å². The lowest BCUT2D eigenvalue weighted by Gasteiger charge is -2.23. The van der Waals surface area contributed by atoms with Gasteiger partial charge in [-0.1, -0.05) is 18.2 Å². The van der Waals surface area contributed by atoms with Crippen LogP contribution in [0.25, 0.3) is 11.1 Å².